The first-order valence-electron chi connectivity index (χ1n) is 17.0. The molecule has 4 heterocycles. The molecule has 10 nitrogen and oxygen atoms in total. The summed E-state index contributed by atoms with van der Waals surface area (Å²) in [7, 11) is 5.36. The number of nitrogens with two attached hydrogens (primary N) is 1. The highest BCUT2D eigenvalue weighted by Crippen LogP contribution is 2.39. The highest BCUT2D eigenvalue weighted by atomic mass is 16.5. The van der Waals surface area contributed by atoms with Crippen molar-refractivity contribution in [1.29, 1.82) is 0 Å². The van der Waals surface area contributed by atoms with Crippen molar-refractivity contribution in [3.8, 4) is 11.5 Å². The number of fused-ring (bicyclic) bond motifs is 3. The number of nitrogens with zero attached hydrogens (tertiary/aromatic N) is 5. The van der Waals surface area contributed by atoms with Crippen molar-refractivity contribution in [3.63, 3.8) is 0 Å². The molecule has 5 aromatic rings. The van der Waals surface area contributed by atoms with Crippen molar-refractivity contribution >= 4 is 46.3 Å². The molecular formula is C40H42N6O4. The Hall–Kier alpha value is -5.61. The predicted molar refractivity (Wildman–Crippen MR) is 198 cm³/mol. The lowest BCUT2D eigenvalue weighted by Gasteiger charge is -2.34. The number of nitrogen functional groups attached to an aromatic ring is 1. The van der Waals surface area contributed by atoms with Gasteiger partial charge >= 0.3 is 0 Å². The Kier molecular flexibility index (Phi) is 9.53. The van der Waals surface area contributed by atoms with Crippen LogP contribution < -0.4 is 20.1 Å². The molecule has 0 saturated carbocycles. The molecule has 8 rings (SSSR count). The van der Waals surface area contributed by atoms with Gasteiger partial charge in [0.2, 0.25) is 5.95 Å². The monoisotopic (exact) mass is 670 g/mol. The molecule has 0 bridgehead atoms. The van der Waals surface area contributed by atoms with Crippen LogP contribution in [0, 0.1) is 0 Å². The number of benzene rings is 3. The highest BCUT2D eigenvalue weighted by Gasteiger charge is 2.26. The molecule has 0 atom stereocenters. The van der Waals surface area contributed by atoms with Gasteiger partial charge in [0.1, 0.15) is 5.82 Å². The topological polar surface area (TPSA) is 110 Å². The molecule has 0 radical (unpaired) electrons. The zero-order chi connectivity index (χ0) is 34.6. The standard InChI is InChI=1S/C21H21N.C19H21N5O4/c1-22-14-12-18(13-15-22)21-19-8-4-2-6-16(19)10-11-17-7-3-5-9-20(17)21;1-26-15-10-12-13(11-16(15)27-2)21-19(22-17(12)20)24-7-5-23(6-8-24)18(25)14-4-3-9-28-14/h2-11H,12-15H2,1H3;3-4,9-11H,5-8H2,1-2H3,(H2,20,21,22). The summed E-state index contributed by atoms with van der Waals surface area (Å²) >= 11 is 0. The van der Waals surface area contributed by atoms with E-state index in [2.05, 4.69) is 82.6 Å². The van der Waals surface area contributed by atoms with Gasteiger partial charge in [-0.1, -0.05) is 66.3 Å². The second-order valence-corrected chi connectivity index (χ2v) is 12.7. The van der Waals surface area contributed by atoms with Crippen LogP contribution in [0.2, 0.25) is 0 Å². The Labute approximate surface area is 292 Å². The van der Waals surface area contributed by atoms with Gasteiger partial charge in [-0.25, -0.2) is 4.98 Å². The summed E-state index contributed by atoms with van der Waals surface area (Å²) in [5.41, 5.74) is 15.4. The summed E-state index contributed by atoms with van der Waals surface area (Å²) in [6, 6.07) is 24.5. The Morgan fingerprint density at radius 3 is 2.00 bits per heavy atom. The molecule has 1 aliphatic carbocycles. The van der Waals surface area contributed by atoms with Gasteiger partial charge in [0.15, 0.2) is 17.3 Å². The number of hydrogen-bond donors (Lipinski definition) is 1. The van der Waals surface area contributed by atoms with Crippen molar-refractivity contribution < 1.29 is 18.7 Å². The van der Waals surface area contributed by atoms with Crippen molar-refractivity contribution in [2.45, 2.75) is 12.8 Å². The lowest BCUT2D eigenvalue weighted by atomic mass is 9.86. The molecule has 2 saturated heterocycles. The number of furan rings is 1. The summed E-state index contributed by atoms with van der Waals surface area (Å²) in [6.45, 7) is 4.63. The van der Waals surface area contributed by atoms with Crippen LogP contribution >= 0.6 is 0 Å². The molecule has 2 aliphatic heterocycles. The Balaban J connectivity index is 0.000000161. The smallest absolute Gasteiger partial charge is 0.289 e. The van der Waals surface area contributed by atoms with Crippen LogP contribution in [0.1, 0.15) is 45.7 Å². The van der Waals surface area contributed by atoms with Gasteiger partial charge in [-0.15, -0.1) is 0 Å². The van der Waals surface area contributed by atoms with E-state index in [1.165, 1.54) is 46.9 Å². The number of methoxy groups -OCH3 is 2. The fraction of sp³-hybridized carbons (Fsp3) is 0.275. The van der Waals surface area contributed by atoms with Crippen LogP contribution in [0.25, 0.3) is 28.6 Å². The minimum atomic E-state index is -0.111. The molecule has 2 aromatic heterocycles. The van der Waals surface area contributed by atoms with Gasteiger partial charge in [-0.2, -0.15) is 4.98 Å². The number of carbonyl (C=O) groups excluding carboxylic acids is 1. The maximum Gasteiger partial charge on any atom is 0.289 e. The molecule has 3 aromatic carbocycles. The Morgan fingerprint density at radius 2 is 1.40 bits per heavy atom. The van der Waals surface area contributed by atoms with E-state index < -0.39 is 0 Å². The minimum absolute atomic E-state index is 0.111. The maximum atomic E-state index is 12.4. The summed E-state index contributed by atoms with van der Waals surface area (Å²) in [4.78, 5) is 27.7. The number of likely N-dealkylation sites (tertiary alicyclic amines) is 1. The second-order valence-electron chi connectivity index (χ2n) is 12.7. The van der Waals surface area contributed by atoms with E-state index >= 15 is 0 Å². The zero-order valence-corrected chi connectivity index (χ0v) is 28.8. The highest BCUT2D eigenvalue weighted by molar-refractivity contribution is 5.95. The van der Waals surface area contributed by atoms with E-state index in [-0.39, 0.29) is 5.91 Å². The van der Waals surface area contributed by atoms with Crippen molar-refractivity contribution in [1.82, 2.24) is 19.8 Å². The molecule has 3 aliphatic rings. The average molecular weight is 671 g/mol. The second kappa shape index (κ2) is 14.5. The lowest BCUT2D eigenvalue weighted by molar-refractivity contribution is 0.0714. The van der Waals surface area contributed by atoms with Crippen LogP contribution in [0.5, 0.6) is 11.5 Å². The third-order valence-electron chi connectivity index (χ3n) is 9.65. The SMILES string of the molecule is CN1CCC(=C2c3ccccc3C=Cc3ccccc32)CC1.COc1cc2nc(N3CCN(C(=O)c4ccco4)CC3)nc(N)c2cc1OC. The first-order chi connectivity index (χ1) is 24.4. The molecule has 2 fully saturated rings. The van der Waals surface area contributed by atoms with E-state index in [1.807, 2.05) is 4.90 Å². The summed E-state index contributed by atoms with van der Waals surface area (Å²) in [6.07, 6.45) is 8.37. The number of rotatable bonds is 4. The number of anilines is 2. The molecule has 2 N–H and O–H groups in total. The number of piperidine rings is 1. The summed E-state index contributed by atoms with van der Waals surface area (Å²) < 4.78 is 15.9. The molecular weight excluding hydrogens is 628 g/mol. The number of hydrogen-bond acceptors (Lipinski definition) is 9. The van der Waals surface area contributed by atoms with E-state index in [9.17, 15) is 4.79 Å². The van der Waals surface area contributed by atoms with Gasteiger partial charge in [0, 0.05) is 50.7 Å². The fourth-order valence-electron chi connectivity index (χ4n) is 6.86. The van der Waals surface area contributed by atoms with E-state index in [1.54, 1.807) is 49.0 Å². The van der Waals surface area contributed by atoms with Gasteiger partial charge in [-0.05, 0) is 65.9 Å². The quantitative estimate of drug-likeness (QED) is 0.225. The van der Waals surface area contributed by atoms with Crippen LogP contribution in [0.3, 0.4) is 0 Å². The van der Waals surface area contributed by atoms with Crippen LogP contribution in [-0.4, -0.2) is 86.2 Å². The number of ether oxygens (including phenoxy) is 2. The summed E-state index contributed by atoms with van der Waals surface area (Å²) in [5.74, 6) is 2.29. The third-order valence-corrected chi connectivity index (χ3v) is 9.65. The molecule has 256 valence electrons. The normalized spacial score (nSPS) is 15.9. The molecule has 10 heteroatoms. The number of carbonyl (C=O) groups is 1. The first-order valence-corrected chi connectivity index (χ1v) is 17.0. The van der Waals surface area contributed by atoms with E-state index in [0.717, 1.165) is 13.1 Å². The van der Waals surface area contributed by atoms with Gasteiger partial charge in [0.25, 0.3) is 5.91 Å². The van der Waals surface area contributed by atoms with Crippen LogP contribution in [0.15, 0.2) is 89.0 Å². The van der Waals surface area contributed by atoms with Crippen LogP contribution in [-0.2, 0) is 0 Å². The molecule has 0 spiro atoms. The number of aromatic nitrogens is 2. The third kappa shape index (κ3) is 6.66. The van der Waals surface area contributed by atoms with Gasteiger partial charge in [0.05, 0.1) is 26.0 Å². The van der Waals surface area contributed by atoms with Crippen LogP contribution in [0.4, 0.5) is 11.8 Å². The van der Waals surface area contributed by atoms with Crippen molar-refractivity contribution in [3.05, 3.63) is 113 Å². The Bertz CT molecular complexity index is 2000. The van der Waals surface area contributed by atoms with Crippen molar-refractivity contribution in [2.24, 2.45) is 0 Å². The number of amides is 1. The minimum Gasteiger partial charge on any atom is -0.493 e. The lowest BCUT2D eigenvalue weighted by Crippen LogP contribution is -2.49. The van der Waals surface area contributed by atoms with Crippen molar-refractivity contribution in [2.75, 3.05) is 71.2 Å². The number of piperazine rings is 1. The zero-order valence-electron chi connectivity index (χ0n) is 28.8. The van der Waals surface area contributed by atoms with Gasteiger partial charge < -0.3 is 34.3 Å². The van der Waals surface area contributed by atoms with E-state index in [4.69, 9.17) is 19.6 Å². The van der Waals surface area contributed by atoms with Gasteiger partial charge in [-0.3, -0.25) is 4.79 Å². The largest absolute Gasteiger partial charge is 0.493 e. The fourth-order valence-corrected chi connectivity index (χ4v) is 6.86. The Morgan fingerprint density at radius 1 is 0.780 bits per heavy atom. The van der Waals surface area contributed by atoms with E-state index in [0.29, 0.717) is 66.1 Å². The molecule has 50 heavy (non-hydrogen) atoms. The average Bonchev–Trinajstić information content (AvgIpc) is 3.65. The maximum absolute atomic E-state index is 12.4. The molecule has 0 unspecified atom stereocenters. The molecule has 1 amide bonds. The first kappa shape index (κ1) is 32.9. The summed E-state index contributed by atoms with van der Waals surface area (Å²) in [5, 5.41) is 0.702. The predicted octanol–water partition coefficient (Wildman–Crippen LogP) is 6.48.